The molecule has 0 aliphatic carbocycles. The van der Waals surface area contributed by atoms with Crippen molar-refractivity contribution in [2.45, 2.75) is 39.7 Å². The Hall–Kier alpha value is -2.87. The Morgan fingerprint density at radius 1 is 1.03 bits per heavy atom. The van der Waals surface area contributed by atoms with Crippen LogP contribution in [-0.2, 0) is 27.8 Å². The van der Waals surface area contributed by atoms with Gasteiger partial charge in [0.05, 0.1) is 18.0 Å². The topological polar surface area (TPSA) is 81.1 Å². The van der Waals surface area contributed by atoms with E-state index < -0.39 is 15.9 Å². The zero-order valence-electron chi connectivity index (χ0n) is 20.2. The van der Waals surface area contributed by atoms with Crippen LogP contribution in [0.2, 0.25) is 10.2 Å². The highest BCUT2D eigenvalue weighted by molar-refractivity contribution is 7.90. The predicted molar refractivity (Wildman–Crippen MR) is 148 cm³/mol. The molecule has 0 aliphatic heterocycles. The summed E-state index contributed by atoms with van der Waals surface area (Å²) in [5.41, 5.74) is 3.42. The first-order chi connectivity index (χ1) is 17.2. The second-order valence-corrected chi connectivity index (χ2v) is 10.8. The molecule has 1 N–H and O–H groups in total. The molecule has 2 aromatic carbocycles. The lowest BCUT2D eigenvalue weighted by Crippen LogP contribution is -2.31. The Bertz CT molecular complexity index is 1360. The van der Waals surface area contributed by atoms with Crippen molar-refractivity contribution in [1.29, 1.82) is 0 Å². The number of carbonyl (C=O) groups excluding carboxylic acids is 1. The summed E-state index contributed by atoms with van der Waals surface area (Å²) in [6, 6.07) is 15.8. The molecule has 3 rings (SSSR count). The summed E-state index contributed by atoms with van der Waals surface area (Å²) in [7, 11) is -3.68. The van der Waals surface area contributed by atoms with Crippen molar-refractivity contribution in [3.05, 3.63) is 93.0 Å². The molecule has 0 radical (unpaired) electrons. The fraction of sp³-hybridized carbons (Fsp3) is 0.259. The summed E-state index contributed by atoms with van der Waals surface area (Å²) in [5.74, 6) is -0.114. The number of benzene rings is 2. The van der Waals surface area contributed by atoms with E-state index in [1.807, 2.05) is 79.1 Å². The zero-order valence-corrected chi connectivity index (χ0v) is 22.6. The first kappa shape index (κ1) is 27.7. The molecule has 3 aromatic rings. The third-order valence-electron chi connectivity index (χ3n) is 5.45. The zero-order chi connectivity index (χ0) is 26.1. The molecule has 36 heavy (non-hydrogen) atoms. The Morgan fingerprint density at radius 3 is 2.42 bits per heavy atom. The molecule has 0 saturated carbocycles. The van der Waals surface area contributed by atoms with Crippen LogP contribution in [0.15, 0.2) is 54.6 Å². The van der Waals surface area contributed by atoms with Crippen LogP contribution in [0.1, 0.15) is 54.9 Å². The number of aromatic nitrogens is 2. The summed E-state index contributed by atoms with van der Waals surface area (Å²) in [5, 5.41) is 0.815. The number of unbranched alkanes of at least 4 members (excludes halogenated alkanes) is 1. The molecule has 0 fully saturated rings. The molecule has 0 spiro atoms. The van der Waals surface area contributed by atoms with Crippen molar-refractivity contribution in [1.82, 2.24) is 14.3 Å². The van der Waals surface area contributed by atoms with Gasteiger partial charge in [-0.15, -0.1) is 0 Å². The minimum absolute atomic E-state index is 0.100. The van der Waals surface area contributed by atoms with Gasteiger partial charge in [0.2, 0.25) is 10.0 Å². The molecule has 1 amide bonds. The Balaban J connectivity index is 1.80. The molecule has 1 aromatic heterocycles. The SMILES string of the molecule is CCCCS(=O)(=O)NC(=O)C=Cc1c(Cl)nc(CC)n1Cc1ccc(C=Cc2ccccc2)cc1Cl. The number of amides is 1. The number of carbonyl (C=O) groups is 1. The normalized spacial score (nSPS) is 12.0. The lowest BCUT2D eigenvalue weighted by molar-refractivity contribution is -0.114. The highest BCUT2D eigenvalue weighted by Crippen LogP contribution is 2.25. The third kappa shape index (κ3) is 7.82. The van der Waals surface area contributed by atoms with Gasteiger partial charge in [0.15, 0.2) is 5.15 Å². The Kier molecular flexibility index (Phi) is 9.93. The lowest BCUT2D eigenvalue weighted by Gasteiger charge is -2.12. The molecule has 6 nitrogen and oxygen atoms in total. The highest BCUT2D eigenvalue weighted by Gasteiger charge is 2.16. The largest absolute Gasteiger partial charge is 0.323 e. The number of hydrogen-bond acceptors (Lipinski definition) is 4. The minimum atomic E-state index is -3.68. The van der Waals surface area contributed by atoms with Gasteiger partial charge in [-0.2, -0.15) is 0 Å². The quantitative estimate of drug-likeness (QED) is 0.228. The summed E-state index contributed by atoms with van der Waals surface area (Å²) < 4.78 is 27.9. The molecule has 1 heterocycles. The average molecular weight is 547 g/mol. The molecule has 0 bridgehead atoms. The van der Waals surface area contributed by atoms with Gasteiger partial charge >= 0.3 is 0 Å². The van der Waals surface area contributed by atoms with Gasteiger partial charge in [0.1, 0.15) is 5.82 Å². The van der Waals surface area contributed by atoms with Crippen LogP contribution >= 0.6 is 23.2 Å². The maximum atomic E-state index is 12.2. The molecular formula is C27H29Cl2N3O3S. The standard InChI is InChI=1S/C27H29Cl2N3O3S/c1-3-5-17-36(34,35)31-26(33)16-15-24-27(29)30-25(4-2)32(24)19-22-14-13-21(18-23(22)28)12-11-20-9-7-6-8-10-20/h6-16,18H,3-5,17,19H2,1-2H3,(H,31,33). The maximum Gasteiger partial charge on any atom is 0.257 e. The maximum absolute atomic E-state index is 12.2. The van der Waals surface area contributed by atoms with E-state index >= 15 is 0 Å². The Morgan fingerprint density at radius 2 is 1.75 bits per heavy atom. The molecule has 190 valence electrons. The van der Waals surface area contributed by atoms with E-state index in [9.17, 15) is 13.2 Å². The number of rotatable bonds is 11. The summed E-state index contributed by atoms with van der Waals surface area (Å²) >= 11 is 13.0. The first-order valence-electron chi connectivity index (χ1n) is 11.7. The highest BCUT2D eigenvalue weighted by atomic mass is 35.5. The van der Waals surface area contributed by atoms with Crippen LogP contribution in [0, 0.1) is 0 Å². The van der Waals surface area contributed by atoms with Crippen molar-refractivity contribution in [2.75, 3.05) is 5.75 Å². The number of aryl methyl sites for hydroxylation is 1. The molecular weight excluding hydrogens is 517 g/mol. The van der Waals surface area contributed by atoms with E-state index in [0.717, 1.165) is 28.6 Å². The second kappa shape index (κ2) is 12.9. The summed E-state index contributed by atoms with van der Waals surface area (Å²) in [4.78, 5) is 16.6. The van der Waals surface area contributed by atoms with Crippen molar-refractivity contribution in [3.63, 3.8) is 0 Å². The number of sulfonamides is 1. The van der Waals surface area contributed by atoms with Crippen LogP contribution in [0.5, 0.6) is 0 Å². The second-order valence-electron chi connectivity index (χ2n) is 8.21. The third-order valence-corrected chi connectivity index (χ3v) is 7.41. The smallest absolute Gasteiger partial charge is 0.257 e. The average Bonchev–Trinajstić information content (AvgIpc) is 3.16. The van der Waals surface area contributed by atoms with Crippen molar-refractivity contribution >= 4 is 57.4 Å². The summed E-state index contributed by atoms with van der Waals surface area (Å²) in [6.07, 6.45) is 8.45. The van der Waals surface area contributed by atoms with Crippen molar-refractivity contribution < 1.29 is 13.2 Å². The monoisotopic (exact) mass is 545 g/mol. The van der Waals surface area contributed by atoms with Crippen LogP contribution in [-0.4, -0.2) is 29.6 Å². The van der Waals surface area contributed by atoms with Gasteiger partial charge in [-0.1, -0.05) is 98.1 Å². The fourth-order valence-electron chi connectivity index (χ4n) is 3.54. The number of imidazole rings is 1. The van der Waals surface area contributed by atoms with Crippen LogP contribution < -0.4 is 4.72 Å². The van der Waals surface area contributed by atoms with E-state index in [2.05, 4.69) is 9.71 Å². The Labute approximate surface area is 222 Å². The number of nitrogens with zero attached hydrogens (tertiary/aromatic N) is 2. The van der Waals surface area contributed by atoms with Crippen LogP contribution in [0.4, 0.5) is 0 Å². The first-order valence-corrected chi connectivity index (χ1v) is 14.1. The van der Waals surface area contributed by atoms with Crippen molar-refractivity contribution in [2.24, 2.45) is 0 Å². The molecule has 0 unspecified atom stereocenters. The van der Waals surface area contributed by atoms with Crippen LogP contribution in [0.3, 0.4) is 0 Å². The van der Waals surface area contributed by atoms with Gasteiger partial charge < -0.3 is 4.57 Å². The lowest BCUT2D eigenvalue weighted by atomic mass is 10.1. The van der Waals surface area contributed by atoms with E-state index in [-0.39, 0.29) is 10.9 Å². The van der Waals surface area contributed by atoms with E-state index in [1.165, 1.54) is 6.08 Å². The molecule has 9 heteroatoms. The van der Waals surface area contributed by atoms with Gasteiger partial charge in [-0.3, -0.25) is 4.79 Å². The molecule has 0 atom stereocenters. The number of hydrogen-bond donors (Lipinski definition) is 1. The fourth-order valence-corrected chi connectivity index (χ4v) is 5.19. The predicted octanol–water partition coefficient (Wildman–Crippen LogP) is 6.23. The summed E-state index contributed by atoms with van der Waals surface area (Å²) in [6.45, 7) is 4.22. The minimum Gasteiger partial charge on any atom is -0.323 e. The molecule has 0 saturated heterocycles. The van der Waals surface area contributed by atoms with E-state index in [4.69, 9.17) is 23.2 Å². The molecule has 0 aliphatic rings. The van der Waals surface area contributed by atoms with Gasteiger partial charge in [0, 0.05) is 17.5 Å². The van der Waals surface area contributed by atoms with Gasteiger partial charge in [0.25, 0.3) is 5.91 Å². The number of nitrogens with one attached hydrogen (secondary N) is 1. The van der Waals surface area contributed by atoms with Crippen molar-refractivity contribution in [3.8, 4) is 0 Å². The van der Waals surface area contributed by atoms with E-state index in [1.54, 1.807) is 0 Å². The van der Waals surface area contributed by atoms with Gasteiger partial charge in [-0.05, 0) is 35.3 Å². The number of halogens is 2. The van der Waals surface area contributed by atoms with Crippen LogP contribution in [0.25, 0.3) is 18.2 Å². The van der Waals surface area contributed by atoms with E-state index in [0.29, 0.717) is 36.5 Å². The van der Waals surface area contributed by atoms with Gasteiger partial charge in [-0.25, -0.2) is 18.1 Å².